The second kappa shape index (κ2) is 8.19. The molecule has 0 saturated carbocycles. The molecule has 118 valence electrons. The summed E-state index contributed by atoms with van der Waals surface area (Å²) in [6.07, 6.45) is 1.47. The minimum atomic E-state index is -0.669. The van der Waals surface area contributed by atoms with Crippen molar-refractivity contribution in [2.24, 2.45) is 0 Å². The summed E-state index contributed by atoms with van der Waals surface area (Å²) in [5, 5.41) is 3.78. The summed E-state index contributed by atoms with van der Waals surface area (Å²) in [6, 6.07) is 1.46. The number of esters is 1. The van der Waals surface area contributed by atoms with Gasteiger partial charge in [-0.25, -0.2) is 4.98 Å². The molecule has 1 heterocycles. The number of nitrogens with zero attached hydrogens (tertiary/aromatic N) is 1. The van der Waals surface area contributed by atoms with E-state index in [4.69, 9.17) is 4.74 Å². The van der Waals surface area contributed by atoms with Crippen molar-refractivity contribution in [1.82, 2.24) is 15.3 Å². The zero-order chi connectivity index (χ0) is 15.9. The maximum Gasteiger partial charge on any atom is 0.325 e. The molecule has 2 N–H and O–H groups in total. The number of H-pyrrole nitrogens is 1. The highest BCUT2D eigenvalue weighted by atomic mass is 32.2. The van der Waals surface area contributed by atoms with Crippen LogP contribution in [0.3, 0.4) is 0 Å². The van der Waals surface area contributed by atoms with Crippen LogP contribution in [0.1, 0.15) is 32.4 Å². The van der Waals surface area contributed by atoms with Gasteiger partial charge in [0.1, 0.15) is 5.54 Å². The fourth-order valence-corrected chi connectivity index (χ4v) is 2.96. The van der Waals surface area contributed by atoms with Gasteiger partial charge in [-0.3, -0.25) is 9.59 Å². The summed E-state index contributed by atoms with van der Waals surface area (Å²) < 4.78 is 4.85. The van der Waals surface area contributed by atoms with Crippen LogP contribution < -0.4 is 10.9 Å². The Morgan fingerprint density at radius 1 is 1.57 bits per heavy atom. The number of methoxy groups -OCH3 is 1. The van der Waals surface area contributed by atoms with Gasteiger partial charge in [0.05, 0.1) is 7.11 Å². The molecule has 1 unspecified atom stereocenters. The van der Waals surface area contributed by atoms with E-state index in [0.717, 1.165) is 12.2 Å². The largest absolute Gasteiger partial charge is 0.468 e. The van der Waals surface area contributed by atoms with Gasteiger partial charge in [-0.15, -0.1) is 0 Å². The molecule has 6 nitrogen and oxygen atoms in total. The van der Waals surface area contributed by atoms with Crippen molar-refractivity contribution in [3.63, 3.8) is 0 Å². The third kappa shape index (κ3) is 5.51. The molecule has 1 atom stereocenters. The molecule has 0 aliphatic heterocycles. The van der Waals surface area contributed by atoms with Crippen molar-refractivity contribution < 1.29 is 9.53 Å². The van der Waals surface area contributed by atoms with Crippen molar-refractivity contribution in [3.8, 4) is 0 Å². The second-order valence-corrected chi connectivity index (χ2v) is 6.08. The Morgan fingerprint density at radius 3 is 2.86 bits per heavy atom. The van der Waals surface area contributed by atoms with E-state index < -0.39 is 5.54 Å². The maximum atomic E-state index is 11.8. The molecule has 7 heteroatoms. The Hall–Kier alpha value is -1.34. The van der Waals surface area contributed by atoms with E-state index in [9.17, 15) is 9.59 Å². The van der Waals surface area contributed by atoms with Gasteiger partial charge in [-0.2, -0.15) is 0 Å². The number of hydrogen-bond donors (Lipinski definition) is 2. The van der Waals surface area contributed by atoms with Crippen LogP contribution in [-0.4, -0.2) is 40.9 Å². The monoisotopic (exact) mass is 313 g/mol. The molecule has 0 aromatic carbocycles. The standard InChI is InChI=1S/C14H23N3O3S/c1-5-15-14(3,12(19)20-4)7-6-8-21-13-16-10(2)9-11(18)17-13/h9,15H,5-8H2,1-4H3,(H,16,17,18). The zero-order valence-corrected chi connectivity index (χ0v) is 13.8. The third-order valence-corrected chi connectivity index (χ3v) is 4.07. The number of thioether (sulfide) groups is 1. The van der Waals surface area contributed by atoms with Crippen molar-refractivity contribution in [3.05, 3.63) is 22.1 Å². The third-order valence-electron chi connectivity index (χ3n) is 3.11. The van der Waals surface area contributed by atoms with Gasteiger partial charge in [-0.1, -0.05) is 18.7 Å². The summed E-state index contributed by atoms with van der Waals surface area (Å²) in [4.78, 5) is 30.1. The number of aromatic amines is 1. The van der Waals surface area contributed by atoms with Crippen molar-refractivity contribution in [1.29, 1.82) is 0 Å². The lowest BCUT2D eigenvalue weighted by molar-refractivity contribution is -0.148. The molecule has 0 bridgehead atoms. The minimum Gasteiger partial charge on any atom is -0.468 e. The van der Waals surface area contributed by atoms with Crippen molar-refractivity contribution in [2.75, 3.05) is 19.4 Å². The van der Waals surface area contributed by atoms with Gasteiger partial charge in [0.2, 0.25) is 0 Å². The van der Waals surface area contributed by atoms with Gasteiger partial charge in [0.15, 0.2) is 5.16 Å². The Labute approximate surface area is 129 Å². The van der Waals surface area contributed by atoms with Crippen molar-refractivity contribution >= 4 is 17.7 Å². The first-order valence-electron chi connectivity index (χ1n) is 6.95. The lowest BCUT2D eigenvalue weighted by Gasteiger charge is -2.27. The highest BCUT2D eigenvalue weighted by Crippen LogP contribution is 2.19. The van der Waals surface area contributed by atoms with E-state index in [1.165, 1.54) is 24.9 Å². The van der Waals surface area contributed by atoms with Crippen LogP contribution in [0.15, 0.2) is 16.0 Å². The van der Waals surface area contributed by atoms with Gasteiger partial charge in [0.25, 0.3) is 5.56 Å². The fraction of sp³-hybridized carbons (Fsp3) is 0.643. The molecule has 1 aromatic rings. The van der Waals surface area contributed by atoms with Crippen LogP contribution in [0.4, 0.5) is 0 Å². The number of aromatic nitrogens is 2. The van der Waals surface area contributed by atoms with Crippen LogP contribution in [0, 0.1) is 6.92 Å². The number of rotatable bonds is 8. The molecule has 0 saturated heterocycles. The Morgan fingerprint density at radius 2 is 2.29 bits per heavy atom. The average molecular weight is 313 g/mol. The first kappa shape index (κ1) is 17.7. The first-order chi connectivity index (χ1) is 9.91. The van der Waals surface area contributed by atoms with Crippen LogP contribution in [0.2, 0.25) is 0 Å². The van der Waals surface area contributed by atoms with Crippen LogP contribution in [0.25, 0.3) is 0 Å². The molecule has 0 amide bonds. The summed E-state index contributed by atoms with van der Waals surface area (Å²) >= 11 is 1.48. The lowest BCUT2D eigenvalue weighted by atomic mass is 9.96. The van der Waals surface area contributed by atoms with Gasteiger partial charge < -0.3 is 15.0 Å². The second-order valence-electron chi connectivity index (χ2n) is 5.00. The van der Waals surface area contributed by atoms with E-state index in [0.29, 0.717) is 23.8 Å². The molecule has 0 aliphatic rings. The SMILES string of the molecule is CCNC(C)(CCCSc1nc(C)cc(=O)[nH]1)C(=O)OC. The van der Waals surface area contributed by atoms with Crippen LogP contribution in [0.5, 0.6) is 0 Å². The number of hydrogen-bond acceptors (Lipinski definition) is 6. The van der Waals surface area contributed by atoms with Crippen molar-refractivity contribution in [2.45, 2.75) is 44.3 Å². The number of carbonyl (C=O) groups excluding carboxylic acids is 1. The number of ether oxygens (including phenoxy) is 1. The predicted molar refractivity (Wildman–Crippen MR) is 83.7 cm³/mol. The summed E-state index contributed by atoms with van der Waals surface area (Å²) in [5.74, 6) is 0.515. The molecule has 1 rings (SSSR count). The van der Waals surface area contributed by atoms with Gasteiger partial charge in [-0.05, 0) is 33.2 Å². The van der Waals surface area contributed by atoms with Crippen LogP contribution in [-0.2, 0) is 9.53 Å². The highest BCUT2D eigenvalue weighted by Gasteiger charge is 2.32. The quantitative estimate of drug-likeness (QED) is 0.327. The number of likely N-dealkylation sites (N-methyl/N-ethyl adjacent to an activating group) is 1. The minimum absolute atomic E-state index is 0.142. The summed E-state index contributed by atoms with van der Waals surface area (Å²) in [7, 11) is 1.40. The Bertz CT molecular complexity index is 532. The number of aryl methyl sites for hydroxylation is 1. The number of nitrogens with one attached hydrogen (secondary N) is 2. The van der Waals surface area contributed by atoms with E-state index in [1.54, 1.807) is 6.92 Å². The van der Waals surface area contributed by atoms with Gasteiger partial charge >= 0.3 is 5.97 Å². The molecular formula is C14H23N3O3S. The van der Waals surface area contributed by atoms with Gasteiger partial charge in [0, 0.05) is 17.5 Å². The molecule has 21 heavy (non-hydrogen) atoms. The highest BCUT2D eigenvalue weighted by molar-refractivity contribution is 7.99. The lowest BCUT2D eigenvalue weighted by Crippen LogP contribution is -2.50. The smallest absolute Gasteiger partial charge is 0.325 e. The van der Waals surface area contributed by atoms with E-state index in [-0.39, 0.29) is 11.5 Å². The van der Waals surface area contributed by atoms with E-state index in [1.807, 2.05) is 13.8 Å². The fourth-order valence-electron chi connectivity index (χ4n) is 2.09. The van der Waals surface area contributed by atoms with E-state index in [2.05, 4.69) is 15.3 Å². The summed E-state index contributed by atoms with van der Waals surface area (Å²) in [6.45, 7) is 6.29. The average Bonchev–Trinajstić information content (AvgIpc) is 2.42. The van der Waals surface area contributed by atoms with E-state index >= 15 is 0 Å². The maximum absolute atomic E-state index is 11.8. The predicted octanol–water partition coefficient (Wildman–Crippen LogP) is 1.49. The molecule has 0 fully saturated rings. The Kier molecular flexibility index (Phi) is 6.91. The summed E-state index contributed by atoms with van der Waals surface area (Å²) in [5.41, 5.74) is -0.109. The molecule has 0 aliphatic carbocycles. The molecule has 1 aromatic heterocycles. The normalized spacial score (nSPS) is 13.7. The zero-order valence-electron chi connectivity index (χ0n) is 13.0. The first-order valence-corrected chi connectivity index (χ1v) is 7.94. The molecular weight excluding hydrogens is 290 g/mol. The Balaban J connectivity index is 2.51. The number of carbonyl (C=O) groups is 1. The van der Waals surface area contributed by atoms with Crippen LogP contribution >= 0.6 is 11.8 Å². The molecule has 0 radical (unpaired) electrons. The molecule has 0 spiro atoms. The topological polar surface area (TPSA) is 84.1 Å².